The van der Waals surface area contributed by atoms with Crippen LogP contribution in [0.1, 0.15) is 0 Å². The highest BCUT2D eigenvalue weighted by molar-refractivity contribution is 9.10. The number of hydrogen-bond acceptors (Lipinski definition) is 3. The van der Waals surface area contributed by atoms with Crippen LogP contribution in [0, 0.1) is 5.82 Å². The quantitative estimate of drug-likeness (QED) is 0.749. The Labute approximate surface area is 111 Å². The third kappa shape index (κ3) is 3.05. The minimum absolute atomic E-state index is 0.104. The summed E-state index contributed by atoms with van der Waals surface area (Å²) in [5.74, 6) is -0.900. The number of nitrogens with one attached hydrogen (secondary N) is 3. The van der Waals surface area contributed by atoms with Crippen LogP contribution >= 0.6 is 15.9 Å². The minimum atomic E-state index is -0.505. The van der Waals surface area contributed by atoms with Crippen molar-refractivity contribution in [1.82, 2.24) is 10.6 Å². The lowest BCUT2D eigenvalue weighted by Crippen LogP contribution is -2.56. The average molecular weight is 316 g/mol. The van der Waals surface area contributed by atoms with E-state index in [9.17, 15) is 14.0 Å². The Morgan fingerprint density at radius 2 is 2.28 bits per heavy atom. The summed E-state index contributed by atoms with van der Waals surface area (Å²) in [5, 5.41) is 7.94. The van der Waals surface area contributed by atoms with Crippen molar-refractivity contribution >= 4 is 33.4 Å². The summed E-state index contributed by atoms with van der Waals surface area (Å²) in [4.78, 5) is 22.7. The molecule has 1 heterocycles. The first kappa shape index (κ1) is 13.0. The van der Waals surface area contributed by atoms with Crippen molar-refractivity contribution in [2.24, 2.45) is 0 Å². The highest BCUT2D eigenvalue weighted by Gasteiger charge is 2.23. The second-order valence-corrected chi connectivity index (χ2v) is 4.71. The summed E-state index contributed by atoms with van der Waals surface area (Å²) in [6.45, 7) is 0.330. The van der Waals surface area contributed by atoms with Gasteiger partial charge in [-0.2, -0.15) is 0 Å². The van der Waals surface area contributed by atoms with Crippen LogP contribution in [-0.2, 0) is 9.59 Å². The van der Waals surface area contributed by atoms with Gasteiger partial charge in [-0.15, -0.1) is 0 Å². The van der Waals surface area contributed by atoms with Crippen LogP contribution in [-0.4, -0.2) is 30.9 Å². The number of piperazine rings is 1. The molecule has 3 N–H and O–H groups in total. The Balaban J connectivity index is 1.98. The van der Waals surface area contributed by atoms with E-state index in [2.05, 4.69) is 31.9 Å². The number of carbonyl (C=O) groups is 2. The van der Waals surface area contributed by atoms with Gasteiger partial charge in [0.15, 0.2) is 0 Å². The van der Waals surface area contributed by atoms with E-state index < -0.39 is 11.9 Å². The Morgan fingerprint density at radius 1 is 1.50 bits per heavy atom. The van der Waals surface area contributed by atoms with Gasteiger partial charge in [0.1, 0.15) is 11.9 Å². The van der Waals surface area contributed by atoms with Crippen molar-refractivity contribution in [1.29, 1.82) is 0 Å². The van der Waals surface area contributed by atoms with Gasteiger partial charge >= 0.3 is 0 Å². The van der Waals surface area contributed by atoms with E-state index in [1.165, 1.54) is 12.1 Å². The highest BCUT2D eigenvalue weighted by Crippen LogP contribution is 2.19. The maximum Gasteiger partial charge on any atom is 0.243 e. The van der Waals surface area contributed by atoms with Crippen molar-refractivity contribution in [3.05, 3.63) is 28.5 Å². The van der Waals surface area contributed by atoms with Gasteiger partial charge in [-0.25, -0.2) is 4.39 Å². The molecule has 0 saturated carbocycles. The molecule has 2 amide bonds. The lowest BCUT2D eigenvalue weighted by atomic mass is 10.2. The maximum absolute atomic E-state index is 13.3. The number of benzene rings is 1. The van der Waals surface area contributed by atoms with Crippen LogP contribution < -0.4 is 16.0 Å². The Morgan fingerprint density at radius 3 is 2.89 bits per heavy atom. The molecule has 7 heteroatoms. The van der Waals surface area contributed by atoms with E-state index in [0.29, 0.717) is 10.2 Å². The summed E-state index contributed by atoms with van der Waals surface area (Å²) < 4.78 is 13.6. The van der Waals surface area contributed by atoms with Crippen molar-refractivity contribution in [3.63, 3.8) is 0 Å². The zero-order valence-electron chi connectivity index (χ0n) is 9.30. The Hall–Kier alpha value is -1.47. The van der Waals surface area contributed by atoms with Gasteiger partial charge in [-0.3, -0.25) is 14.9 Å². The van der Waals surface area contributed by atoms with Gasteiger partial charge < -0.3 is 10.6 Å². The normalized spacial score (nSPS) is 19.2. The number of hydrogen-bond donors (Lipinski definition) is 3. The molecule has 1 aromatic rings. The molecule has 1 unspecified atom stereocenters. The minimum Gasteiger partial charge on any atom is -0.353 e. The van der Waals surface area contributed by atoms with Crippen molar-refractivity contribution < 1.29 is 14.0 Å². The molecule has 2 rings (SSSR count). The molecule has 0 aliphatic carbocycles. The lowest BCUT2D eigenvalue weighted by Gasteiger charge is -2.23. The first-order valence-corrected chi connectivity index (χ1v) is 6.11. The molecular weight excluding hydrogens is 305 g/mol. The molecule has 1 atom stereocenters. The van der Waals surface area contributed by atoms with Gasteiger partial charge in [0, 0.05) is 12.2 Å². The van der Waals surface area contributed by atoms with Crippen LogP contribution in [0.3, 0.4) is 0 Å². The van der Waals surface area contributed by atoms with Crippen LogP contribution in [0.15, 0.2) is 22.7 Å². The van der Waals surface area contributed by atoms with Crippen LogP contribution in [0.2, 0.25) is 0 Å². The fourth-order valence-corrected chi connectivity index (χ4v) is 1.80. The third-order valence-corrected chi connectivity index (χ3v) is 3.16. The summed E-state index contributed by atoms with van der Waals surface area (Å²) in [7, 11) is 0. The van der Waals surface area contributed by atoms with E-state index in [0.717, 1.165) is 0 Å². The molecule has 1 saturated heterocycles. The predicted octanol–water partition coefficient (Wildman–Crippen LogP) is 0.615. The molecule has 1 fully saturated rings. The van der Waals surface area contributed by atoms with Gasteiger partial charge in [0.25, 0.3) is 0 Å². The molecule has 0 radical (unpaired) electrons. The van der Waals surface area contributed by atoms with E-state index in [1.54, 1.807) is 6.07 Å². The number of rotatable bonds is 2. The van der Waals surface area contributed by atoms with Crippen molar-refractivity contribution in [2.45, 2.75) is 6.04 Å². The largest absolute Gasteiger partial charge is 0.353 e. The molecule has 0 aromatic heterocycles. The number of anilines is 1. The van der Waals surface area contributed by atoms with Gasteiger partial charge in [-0.05, 0) is 34.1 Å². The first-order chi connectivity index (χ1) is 8.56. The van der Waals surface area contributed by atoms with Gasteiger partial charge in [-0.1, -0.05) is 0 Å². The summed E-state index contributed by atoms with van der Waals surface area (Å²) >= 11 is 3.03. The van der Waals surface area contributed by atoms with E-state index in [4.69, 9.17) is 0 Å². The van der Waals surface area contributed by atoms with Gasteiger partial charge in [0.2, 0.25) is 11.8 Å². The highest BCUT2D eigenvalue weighted by atomic mass is 79.9. The molecule has 0 bridgehead atoms. The van der Waals surface area contributed by atoms with Crippen molar-refractivity contribution in [2.75, 3.05) is 18.4 Å². The van der Waals surface area contributed by atoms with Crippen LogP contribution in [0.25, 0.3) is 0 Å². The fraction of sp³-hybridized carbons (Fsp3) is 0.273. The lowest BCUT2D eigenvalue weighted by molar-refractivity contribution is -0.124. The average Bonchev–Trinajstić information content (AvgIpc) is 2.34. The van der Waals surface area contributed by atoms with Gasteiger partial charge in [0.05, 0.1) is 11.0 Å². The second-order valence-electron chi connectivity index (χ2n) is 3.86. The van der Waals surface area contributed by atoms with Crippen LogP contribution in [0.5, 0.6) is 0 Å². The monoisotopic (exact) mass is 315 g/mol. The molecule has 1 aromatic carbocycles. The SMILES string of the molecule is O=C1CNC(C(=O)Nc2ccc(Br)c(F)c2)CN1. The smallest absolute Gasteiger partial charge is 0.243 e. The topological polar surface area (TPSA) is 70.2 Å². The molecule has 1 aliphatic heterocycles. The van der Waals surface area contributed by atoms with Crippen LogP contribution in [0.4, 0.5) is 10.1 Å². The summed E-state index contributed by atoms with van der Waals surface area (Å²) in [5.41, 5.74) is 0.374. The molecule has 5 nitrogen and oxygen atoms in total. The van der Waals surface area contributed by atoms with Crippen molar-refractivity contribution in [3.8, 4) is 0 Å². The first-order valence-electron chi connectivity index (χ1n) is 5.32. The predicted molar refractivity (Wildman–Crippen MR) is 67.5 cm³/mol. The number of halogens is 2. The zero-order chi connectivity index (χ0) is 13.1. The molecule has 0 spiro atoms. The molecule has 18 heavy (non-hydrogen) atoms. The number of amides is 2. The maximum atomic E-state index is 13.3. The molecular formula is C11H11BrFN3O2. The standard InChI is InChI=1S/C11H11BrFN3O2/c12-7-2-1-6(3-8(7)13)16-11(18)9-4-15-10(17)5-14-9/h1-3,9,14H,4-5H2,(H,15,17)(H,16,18). The Kier molecular flexibility index (Phi) is 3.93. The molecule has 96 valence electrons. The number of carbonyl (C=O) groups excluding carboxylic acids is 2. The van der Waals surface area contributed by atoms with E-state index >= 15 is 0 Å². The summed E-state index contributed by atoms with van der Waals surface area (Å²) in [6.07, 6.45) is 0. The zero-order valence-corrected chi connectivity index (χ0v) is 10.9. The van der Waals surface area contributed by atoms with E-state index in [1.807, 2.05) is 0 Å². The van der Waals surface area contributed by atoms with E-state index in [-0.39, 0.29) is 24.9 Å². The fourth-order valence-electron chi connectivity index (χ4n) is 1.56. The second kappa shape index (κ2) is 5.45. The Bertz CT molecular complexity index is 485. The molecule has 1 aliphatic rings. The summed E-state index contributed by atoms with van der Waals surface area (Å²) in [6, 6.07) is 3.83. The third-order valence-electron chi connectivity index (χ3n) is 2.52.